The molecule has 0 fully saturated rings. The molecular formula is C18H20N2O2. The first-order valence-corrected chi connectivity index (χ1v) is 7.25. The van der Waals surface area contributed by atoms with E-state index < -0.39 is 12.0 Å². The average Bonchev–Trinajstić information content (AvgIpc) is 2.55. The lowest BCUT2D eigenvalue weighted by atomic mass is 10.0. The van der Waals surface area contributed by atoms with E-state index in [1.807, 2.05) is 50.2 Å². The third-order valence-corrected chi connectivity index (χ3v) is 3.27. The second-order valence-electron chi connectivity index (χ2n) is 5.31. The largest absolute Gasteiger partial charge is 0.378 e. The summed E-state index contributed by atoms with van der Waals surface area (Å²) >= 11 is 0. The van der Waals surface area contributed by atoms with Gasteiger partial charge in [-0.1, -0.05) is 74.5 Å². The molecule has 4 nitrogen and oxygen atoms in total. The Bertz CT molecular complexity index is 637. The van der Waals surface area contributed by atoms with Crippen LogP contribution >= 0.6 is 0 Å². The standard InChI is InChI=1S/C18H20N2O2/c1-13(2)16(14-9-5-3-6-10-14)19-20-18(22)17(21)15-11-7-4-8-12-15/h3-13,17,21H,1-2H3,(H,20,22). The van der Waals surface area contributed by atoms with Crippen LogP contribution < -0.4 is 5.43 Å². The summed E-state index contributed by atoms with van der Waals surface area (Å²) in [6.45, 7) is 4.01. The lowest BCUT2D eigenvalue weighted by molar-refractivity contribution is -0.129. The zero-order valence-electron chi connectivity index (χ0n) is 12.7. The molecule has 0 aliphatic carbocycles. The van der Waals surface area contributed by atoms with Gasteiger partial charge in [0.1, 0.15) is 0 Å². The van der Waals surface area contributed by atoms with Crippen molar-refractivity contribution in [1.82, 2.24) is 5.43 Å². The molecule has 0 saturated heterocycles. The van der Waals surface area contributed by atoms with Crippen molar-refractivity contribution in [3.8, 4) is 0 Å². The summed E-state index contributed by atoms with van der Waals surface area (Å²) in [6, 6.07) is 18.5. The number of hydrogen-bond donors (Lipinski definition) is 2. The molecule has 1 atom stereocenters. The number of hydrogen-bond acceptors (Lipinski definition) is 3. The molecule has 2 aromatic rings. The Morgan fingerprint density at radius 1 is 1.00 bits per heavy atom. The Balaban J connectivity index is 2.13. The van der Waals surface area contributed by atoms with E-state index in [1.165, 1.54) is 0 Å². The summed E-state index contributed by atoms with van der Waals surface area (Å²) in [6.07, 6.45) is -1.23. The van der Waals surface area contributed by atoms with Gasteiger partial charge < -0.3 is 5.11 Å². The maximum atomic E-state index is 12.0. The summed E-state index contributed by atoms with van der Waals surface area (Å²) < 4.78 is 0. The van der Waals surface area contributed by atoms with Crippen molar-refractivity contribution in [2.24, 2.45) is 11.0 Å². The highest BCUT2D eigenvalue weighted by molar-refractivity contribution is 6.02. The second-order valence-corrected chi connectivity index (χ2v) is 5.31. The van der Waals surface area contributed by atoms with Crippen LogP contribution in [-0.2, 0) is 4.79 Å². The van der Waals surface area contributed by atoms with Crippen molar-refractivity contribution in [3.63, 3.8) is 0 Å². The molecule has 22 heavy (non-hydrogen) atoms. The van der Waals surface area contributed by atoms with Gasteiger partial charge in [0, 0.05) is 0 Å². The first-order chi connectivity index (χ1) is 10.6. The van der Waals surface area contributed by atoms with Crippen molar-refractivity contribution < 1.29 is 9.90 Å². The van der Waals surface area contributed by atoms with Gasteiger partial charge in [-0.2, -0.15) is 5.10 Å². The number of benzene rings is 2. The molecule has 2 aromatic carbocycles. The van der Waals surface area contributed by atoms with E-state index in [2.05, 4.69) is 10.5 Å². The number of rotatable bonds is 5. The number of nitrogens with one attached hydrogen (secondary N) is 1. The Kier molecular flexibility index (Phi) is 5.44. The van der Waals surface area contributed by atoms with Crippen molar-refractivity contribution in [2.75, 3.05) is 0 Å². The molecule has 0 spiro atoms. The van der Waals surface area contributed by atoms with E-state index in [1.54, 1.807) is 24.3 Å². The van der Waals surface area contributed by atoms with E-state index in [4.69, 9.17) is 0 Å². The summed E-state index contributed by atoms with van der Waals surface area (Å²) in [5.41, 5.74) is 4.73. The van der Waals surface area contributed by atoms with Crippen LogP contribution in [0.5, 0.6) is 0 Å². The van der Waals surface area contributed by atoms with Crippen LogP contribution in [0, 0.1) is 5.92 Å². The molecule has 0 heterocycles. The SMILES string of the molecule is CC(C)C(=NNC(=O)C(O)c1ccccc1)c1ccccc1. The van der Waals surface area contributed by atoms with Gasteiger partial charge >= 0.3 is 0 Å². The fourth-order valence-corrected chi connectivity index (χ4v) is 2.10. The predicted molar refractivity (Wildman–Crippen MR) is 87.4 cm³/mol. The highest BCUT2D eigenvalue weighted by atomic mass is 16.3. The fourth-order valence-electron chi connectivity index (χ4n) is 2.10. The minimum atomic E-state index is -1.23. The van der Waals surface area contributed by atoms with Crippen LogP contribution in [0.3, 0.4) is 0 Å². The average molecular weight is 296 g/mol. The fraction of sp³-hybridized carbons (Fsp3) is 0.222. The van der Waals surface area contributed by atoms with Crippen LogP contribution in [0.25, 0.3) is 0 Å². The van der Waals surface area contributed by atoms with Crippen LogP contribution in [0.4, 0.5) is 0 Å². The van der Waals surface area contributed by atoms with E-state index in [-0.39, 0.29) is 5.92 Å². The summed E-state index contributed by atoms with van der Waals surface area (Å²) in [7, 11) is 0. The Hall–Kier alpha value is -2.46. The third kappa shape index (κ3) is 4.02. The van der Waals surface area contributed by atoms with Crippen molar-refractivity contribution in [2.45, 2.75) is 20.0 Å². The number of hydrazone groups is 1. The molecule has 2 rings (SSSR count). The molecule has 114 valence electrons. The normalized spacial score (nSPS) is 13.0. The Labute approximate surface area is 130 Å². The zero-order valence-corrected chi connectivity index (χ0v) is 12.7. The maximum Gasteiger partial charge on any atom is 0.273 e. The number of carbonyl (C=O) groups is 1. The molecule has 1 amide bonds. The van der Waals surface area contributed by atoms with Gasteiger partial charge in [0.25, 0.3) is 5.91 Å². The minimum Gasteiger partial charge on any atom is -0.378 e. The van der Waals surface area contributed by atoms with Gasteiger partial charge in [0.2, 0.25) is 0 Å². The van der Waals surface area contributed by atoms with E-state index in [0.717, 1.165) is 11.3 Å². The van der Waals surface area contributed by atoms with E-state index in [9.17, 15) is 9.90 Å². The van der Waals surface area contributed by atoms with Crippen LogP contribution in [0.1, 0.15) is 31.1 Å². The van der Waals surface area contributed by atoms with Crippen molar-refractivity contribution in [1.29, 1.82) is 0 Å². The first kappa shape index (κ1) is 15.9. The topological polar surface area (TPSA) is 61.7 Å². The number of nitrogens with zero attached hydrogens (tertiary/aromatic N) is 1. The summed E-state index contributed by atoms with van der Waals surface area (Å²) in [4.78, 5) is 12.0. The molecular weight excluding hydrogens is 276 g/mol. The number of aliphatic hydroxyl groups is 1. The zero-order chi connectivity index (χ0) is 15.9. The van der Waals surface area contributed by atoms with Crippen LogP contribution in [0.15, 0.2) is 65.8 Å². The minimum absolute atomic E-state index is 0.150. The molecule has 1 unspecified atom stereocenters. The molecule has 0 aliphatic heterocycles. The van der Waals surface area contributed by atoms with Crippen LogP contribution in [-0.4, -0.2) is 16.7 Å². The van der Waals surface area contributed by atoms with E-state index in [0.29, 0.717) is 5.56 Å². The van der Waals surface area contributed by atoms with Crippen LogP contribution in [0.2, 0.25) is 0 Å². The molecule has 0 radical (unpaired) electrons. The number of amides is 1. The summed E-state index contributed by atoms with van der Waals surface area (Å²) in [5.74, 6) is -0.392. The second kappa shape index (κ2) is 7.52. The number of aliphatic hydroxyl groups excluding tert-OH is 1. The molecule has 0 bridgehead atoms. The summed E-state index contributed by atoms with van der Waals surface area (Å²) in [5, 5.41) is 14.2. The van der Waals surface area contributed by atoms with Gasteiger partial charge in [-0.15, -0.1) is 0 Å². The van der Waals surface area contributed by atoms with Crippen molar-refractivity contribution in [3.05, 3.63) is 71.8 Å². The van der Waals surface area contributed by atoms with E-state index >= 15 is 0 Å². The molecule has 2 N–H and O–H groups in total. The van der Waals surface area contributed by atoms with Crippen molar-refractivity contribution >= 4 is 11.6 Å². The van der Waals surface area contributed by atoms with Gasteiger partial charge in [0.05, 0.1) is 5.71 Å². The van der Waals surface area contributed by atoms with Gasteiger partial charge in [0.15, 0.2) is 6.10 Å². The Morgan fingerprint density at radius 3 is 2.09 bits per heavy atom. The van der Waals surface area contributed by atoms with Gasteiger partial charge in [-0.05, 0) is 17.0 Å². The monoisotopic (exact) mass is 296 g/mol. The number of carbonyl (C=O) groups excluding carboxylic acids is 1. The molecule has 4 heteroatoms. The molecule has 0 aliphatic rings. The lowest BCUT2D eigenvalue weighted by Crippen LogP contribution is -2.27. The highest BCUT2D eigenvalue weighted by Gasteiger charge is 2.17. The first-order valence-electron chi connectivity index (χ1n) is 7.25. The lowest BCUT2D eigenvalue weighted by Gasteiger charge is -2.13. The predicted octanol–water partition coefficient (Wildman–Crippen LogP) is 2.90. The Morgan fingerprint density at radius 2 is 1.55 bits per heavy atom. The maximum absolute atomic E-state index is 12.0. The van der Waals surface area contributed by atoms with Gasteiger partial charge in [-0.3, -0.25) is 4.79 Å². The quantitative estimate of drug-likeness (QED) is 0.658. The molecule has 0 saturated carbocycles. The third-order valence-electron chi connectivity index (χ3n) is 3.27. The highest BCUT2D eigenvalue weighted by Crippen LogP contribution is 2.13. The smallest absolute Gasteiger partial charge is 0.273 e. The van der Waals surface area contributed by atoms with Gasteiger partial charge in [-0.25, -0.2) is 5.43 Å². The molecule has 0 aromatic heterocycles.